The molecule has 0 amide bonds. The first kappa shape index (κ1) is 9.21. The van der Waals surface area contributed by atoms with Crippen molar-refractivity contribution in [1.82, 2.24) is 4.90 Å². The number of hydrogen-bond acceptors (Lipinski definition) is 2. The van der Waals surface area contributed by atoms with Crippen LogP contribution in [0.15, 0.2) is 0 Å². The van der Waals surface area contributed by atoms with Crippen LogP contribution < -0.4 is 0 Å². The van der Waals surface area contributed by atoms with Crippen molar-refractivity contribution in [3.63, 3.8) is 0 Å². The summed E-state index contributed by atoms with van der Waals surface area (Å²) in [5.41, 5.74) is 0. The number of halogens is 1. The molecule has 0 bridgehead atoms. The zero-order chi connectivity index (χ0) is 5.98. The topological polar surface area (TPSA) is 23.5 Å². The molecule has 0 aliphatic carbocycles. The molecule has 1 aliphatic rings. The molecule has 0 aromatic rings. The van der Waals surface area contributed by atoms with E-state index in [1.165, 1.54) is 0 Å². The second-order valence-electron chi connectivity index (χ2n) is 2.34. The highest BCUT2D eigenvalue weighted by molar-refractivity contribution is 5.85. The quantitative estimate of drug-likeness (QED) is 0.590. The molecule has 0 aromatic carbocycles. The Balaban J connectivity index is 0.000000640. The van der Waals surface area contributed by atoms with Gasteiger partial charge in [0, 0.05) is 13.1 Å². The molecule has 1 heterocycles. The summed E-state index contributed by atoms with van der Waals surface area (Å²) in [5, 5.41) is 8.99. The van der Waals surface area contributed by atoms with Gasteiger partial charge in [-0.3, -0.25) is 0 Å². The van der Waals surface area contributed by atoms with Gasteiger partial charge in [-0.2, -0.15) is 0 Å². The Morgan fingerprint density at radius 3 is 2.56 bits per heavy atom. The van der Waals surface area contributed by atoms with Crippen LogP contribution in [-0.2, 0) is 0 Å². The molecule has 56 valence electrons. The van der Waals surface area contributed by atoms with Crippen molar-refractivity contribution in [2.45, 2.75) is 19.4 Å². The molecule has 1 unspecified atom stereocenters. The third-order valence-corrected chi connectivity index (χ3v) is 1.69. The lowest BCUT2D eigenvalue weighted by Gasteiger charge is -2.09. The van der Waals surface area contributed by atoms with Gasteiger partial charge in [0.1, 0.15) is 0 Å². The summed E-state index contributed by atoms with van der Waals surface area (Å²) in [6.07, 6.45) is 0.920. The van der Waals surface area contributed by atoms with Crippen molar-refractivity contribution in [3.05, 3.63) is 0 Å². The van der Waals surface area contributed by atoms with E-state index in [0.29, 0.717) is 0 Å². The summed E-state index contributed by atoms with van der Waals surface area (Å²) in [4.78, 5) is 2.25. The van der Waals surface area contributed by atoms with Gasteiger partial charge in [-0.05, 0) is 13.0 Å². The first-order valence-corrected chi connectivity index (χ1v) is 3.23. The van der Waals surface area contributed by atoms with Gasteiger partial charge in [0.05, 0.1) is 6.10 Å². The number of rotatable bonds is 1. The van der Waals surface area contributed by atoms with Crippen molar-refractivity contribution in [3.8, 4) is 0 Å². The van der Waals surface area contributed by atoms with Crippen molar-refractivity contribution < 1.29 is 5.11 Å². The van der Waals surface area contributed by atoms with Crippen LogP contribution >= 0.6 is 12.4 Å². The molecule has 0 aromatic heterocycles. The number of nitrogens with zero attached hydrogens (tertiary/aromatic N) is 1. The summed E-state index contributed by atoms with van der Waals surface area (Å²) in [6.45, 7) is 5.17. The molecule has 9 heavy (non-hydrogen) atoms. The molecular formula is C6H14ClNO. The molecule has 1 saturated heterocycles. The first-order chi connectivity index (χ1) is 3.83. The lowest BCUT2D eigenvalue weighted by molar-refractivity contribution is 0.178. The fraction of sp³-hybridized carbons (Fsp3) is 1.00. The molecule has 1 N–H and O–H groups in total. The van der Waals surface area contributed by atoms with Gasteiger partial charge >= 0.3 is 0 Å². The van der Waals surface area contributed by atoms with E-state index in [2.05, 4.69) is 11.8 Å². The number of aliphatic hydroxyl groups excluding tert-OH is 1. The molecule has 1 aliphatic heterocycles. The third-order valence-electron chi connectivity index (χ3n) is 1.69. The molecule has 3 heteroatoms. The highest BCUT2D eigenvalue weighted by Gasteiger charge is 2.17. The van der Waals surface area contributed by atoms with Crippen LogP contribution in [-0.4, -0.2) is 35.7 Å². The van der Waals surface area contributed by atoms with Crippen LogP contribution in [0.1, 0.15) is 13.3 Å². The van der Waals surface area contributed by atoms with E-state index in [4.69, 9.17) is 5.11 Å². The van der Waals surface area contributed by atoms with Crippen molar-refractivity contribution >= 4 is 12.4 Å². The summed E-state index contributed by atoms with van der Waals surface area (Å²) in [6, 6.07) is 0. The van der Waals surface area contributed by atoms with E-state index < -0.39 is 0 Å². The predicted octanol–water partition coefficient (Wildman–Crippen LogP) is 0.495. The van der Waals surface area contributed by atoms with Crippen LogP contribution in [0.2, 0.25) is 0 Å². The van der Waals surface area contributed by atoms with Gasteiger partial charge < -0.3 is 10.0 Å². The Labute approximate surface area is 62.3 Å². The standard InChI is InChI=1S/C6H13NO.ClH/c1-2-7-4-3-6(8)5-7;/h6,8H,2-5H2,1H3;1H. The lowest BCUT2D eigenvalue weighted by Crippen LogP contribution is -2.21. The van der Waals surface area contributed by atoms with Gasteiger partial charge in [-0.1, -0.05) is 6.92 Å². The minimum absolute atomic E-state index is 0. The van der Waals surface area contributed by atoms with E-state index in [9.17, 15) is 0 Å². The van der Waals surface area contributed by atoms with Crippen LogP contribution in [0.4, 0.5) is 0 Å². The maximum Gasteiger partial charge on any atom is 0.0679 e. The predicted molar refractivity (Wildman–Crippen MR) is 40.0 cm³/mol. The molecule has 0 spiro atoms. The zero-order valence-electron chi connectivity index (χ0n) is 5.71. The zero-order valence-corrected chi connectivity index (χ0v) is 6.52. The Bertz CT molecular complexity index is 79.5. The molecule has 1 atom stereocenters. The fourth-order valence-corrected chi connectivity index (χ4v) is 1.10. The molecule has 1 rings (SSSR count). The average molecular weight is 152 g/mol. The van der Waals surface area contributed by atoms with Gasteiger partial charge in [-0.15, -0.1) is 12.4 Å². The fourth-order valence-electron chi connectivity index (χ4n) is 1.10. The van der Waals surface area contributed by atoms with E-state index in [-0.39, 0.29) is 18.5 Å². The number of likely N-dealkylation sites (N-methyl/N-ethyl adjacent to an activating group) is 1. The van der Waals surface area contributed by atoms with E-state index in [0.717, 1.165) is 26.1 Å². The molecular weight excluding hydrogens is 138 g/mol. The first-order valence-electron chi connectivity index (χ1n) is 3.23. The highest BCUT2D eigenvalue weighted by Crippen LogP contribution is 2.06. The Morgan fingerprint density at radius 1 is 1.67 bits per heavy atom. The number of likely N-dealkylation sites (tertiary alicyclic amines) is 1. The molecule has 1 fully saturated rings. The average Bonchev–Trinajstić information content (AvgIpc) is 2.14. The smallest absolute Gasteiger partial charge is 0.0679 e. The van der Waals surface area contributed by atoms with E-state index >= 15 is 0 Å². The number of hydrogen-bond donors (Lipinski definition) is 1. The summed E-state index contributed by atoms with van der Waals surface area (Å²) in [5.74, 6) is 0. The van der Waals surface area contributed by atoms with Crippen LogP contribution in [0.25, 0.3) is 0 Å². The lowest BCUT2D eigenvalue weighted by atomic mass is 10.3. The maximum absolute atomic E-state index is 8.99. The summed E-state index contributed by atoms with van der Waals surface area (Å²) >= 11 is 0. The normalized spacial score (nSPS) is 28.0. The minimum atomic E-state index is -0.0463. The number of aliphatic hydroxyl groups is 1. The molecule has 0 radical (unpaired) electrons. The van der Waals surface area contributed by atoms with Gasteiger partial charge in [0.25, 0.3) is 0 Å². The van der Waals surface area contributed by atoms with Crippen molar-refractivity contribution in [2.75, 3.05) is 19.6 Å². The second-order valence-corrected chi connectivity index (χ2v) is 2.34. The summed E-state index contributed by atoms with van der Waals surface area (Å²) < 4.78 is 0. The Hall–Kier alpha value is 0.210. The largest absolute Gasteiger partial charge is 0.392 e. The van der Waals surface area contributed by atoms with Crippen LogP contribution in [0.3, 0.4) is 0 Å². The van der Waals surface area contributed by atoms with Crippen molar-refractivity contribution in [1.29, 1.82) is 0 Å². The monoisotopic (exact) mass is 151 g/mol. The Kier molecular flexibility index (Phi) is 4.19. The van der Waals surface area contributed by atoms with E-state index in [1.54, 1.807) is 0 Å². The minimum Gasteiger partial charge on any atom is -0.392 e. The van der Waals surface area contributed by atoms with E-state index in [1.807, 2.05) is 0 Å². The number of β-amino-alcohol motifs (C(OH)–C–C–N with tert-alkyl or cyclic N) is 1. The van der Waals surface area contributed by atoms with Crippen LogP contribution in [0, 0.1) is 0 Å². The third kappa shape index (κ3) is 2.52. The van der Waals surface area contributed by atoms with Crippen LogP contribution in [0.5, 0.6) is 0 Å². The maximum atomic E-state index is 8.99. The highest BCUT2D eigenvalue weighted by atomic mass is 35.5. The summed E-state index contributed by atoms with van der Waals surface area (Å²) in [7, 11) is 0. The SMILES string of the molecule is CCN1CCC(O)C1.Cl. The second kappa shape index (κ2) is 4.09. The molecule has 2 nitrogen and oxygen atoms in total. The van der Waals surface area contributed by atoms with Crippen molar-refractivity contribution in [2.24, 2.45) is 0 Å². The molecule has 0 saturated carbocycles. The van der Waals surface area contributed by atoms with Gasteiger partial charge in [0.2, 0.25) is 0 Å². The Morgan fingerprint density at radius 2 is 2.33 bits per heavy atom. The van der Waals surface area contributed by atoms with Gasteiger partial charge in [0.15, 0.2) is 0 Å². The van der Waals surface area contributed by atoms with Gasteiger partial charge in [-0.25, -0.2) is 0 Å².